The molecule has 8 nitrogen and oxygen atoms in total. The van der Waals surface area contributed by atoms with Gasteiger partial charge in [-0.15, -0.1) is 0 Å². The number of benzene rings is 1. The van der Waals surface area contributed by atoms with Gasteiger partial charge in [0.15, 0.2) is 17.5 Å². The van der Waals surface area contributed by atoms with E-state index < -0.39 is 0 Å². The van der Waals surface area contributed by atoms with Crippen LogP contribution in [0.25, 0.3) is 0 Å². The molecule has 1 saturated heterocycles. The summed E-state index contributed by atoms with van der Waals surface area (Å²) in [4.78, 5) is 21.0. The number of aliphatic imine (C=N–C) groups is 1. The summed E-state index contributed by atoms with van der Waals surface area (Å²) in [5, 5.41) is 6.70. The predicted molar refractivity (Wildman–Crippen MR) is 118 cm³/mol. The SMILES string of the molecule is CCNC(=NCCCN1CCCC1C(=O)N(C)C)NCCc1ccc2c(c1)OCO2. The van der Waals surface area contributed by atoms with Crippen molar-refractivity contribution in [2.45, 2.75) is 38.6 Å². The molecule has 2 aliphatic heterocycles. The second kappa shape index (κ2) is 11.1. The number of nitrogens with one attached hydrogen (secondary N) is 2. The van der Waals surface area contributed by atoms with Gasteiger partial charge in [-0.25, -0.2) is 0 Å². The number of hydrogen-bond acceptors (Lipinski definition) is 5. The highest BCUT2D eigenvalue weighted by atomic mass is 16.7. The van der Waals surface area contributed by atoms with E-state index in [4.69, 9.17) is 14.5 Å². The fourth-order valence-electron chi connectivity index (χ4n) is 3.90. The Morgan fingerprint density at radius 1 is 1.27 bits per heavy atom. The lowest BCUT2D eigenvalue weighted by molar-refractivity contribution is -0.133. The molecule has 1 atom stereocenters. The zero-order valence-corrected chi connectivity index (χ0v) is 18.4. The van der Waals surface area contributed by atoms with Gasteiger partial charge in [0.25, 0.3) is 0 Å². The molecule has 1 aromatic rings. The van der Waals surface area contributed by atoms with Crippen LogP contribution in [0.15, 0.2) is 23.2 Å². The van der Waals surface area contributed by atoms with Crippen LogP contribution in [0.5, 0.6) is 11.5 Å². The highest BCUT2D eigenvalue weighted by molar-refractivity contribution is 5.81. The lowest BCUT2D eigenvalue weighted by atomic mass is 10.1. The standard InChI is InChI=1S/C22H35N5O3/c1-4-23-22(25-12-10-17-8-9-19-20(15-17)30-16-29-19)24-11-6-14-27-13-5-7-18(27)21(28)26(2)3/h8-9,15,18H,4-7,10-14,16H2,1-3H3,(H2,23,24,25). The second-order valence-electron chi connectivity index (χ2n) is 7.91. The number of amides is 1. The van der Waals surface area contributed by atoms with Gasteiger partial charge in [0.1, 0.15) is 0 Å². The van der Waals surface area contributed by atoms with Gasteiger partial charge in [-0.05, 0) is 56.8 Å². The first kappa shape index (κ1) is 22.2. The van der Waals surface area contributed by atoms with Gasteiger partial charge in [-0.3, -0.25) is 14.7 Å². The summed E-state index contributed by atoms with van der Waals surface area (Å²) < 4.78 is 10.8. The Hall–Kier alpha value is -2.48. The summed E-state index contributed by atoms with van der Waals surface area (Å²) in [7, 11) is 3.67. The highest BCUT2D eigenvalue weighted by Crippen LogP contribution is 2.32. The molecule has 0 spiro atoms. The van der Waals surface area contributed by atoms with Crippen molar-refractivity contribution in [1.82, 2.24) is 20.4 Å². The normalized spacial score (nSPS) is 18.5. The quantitative estimate of drug-likeness (QED) is 0.360. The smallest absolute Gasteiger partial charge is 0.239 e. The molecule has 0 aromatic heterocycles. The summed E-state index contributed by atoms with van der Waals surface area (Å²) in [6, 6.07) is 6.11. The first-order valence-electron chi connectivity index (χ1n) is 10.9. The van der Waals surface area contributed by atoms with Gasteiger partial charge in [0.2, 0.25) is 12.7 Å². The Morgan fingerprint density at radius 3 is 2.90 bits per heavy atom. The zero-order chi connectivity index (χ0) is 21.3. The first-order valence-corrected chi connectivity index (χ1v) is 10.9. The van der Waals surface area contributed by atoms with E-state index in [-0.39, 0.29) is 11.9 Å². The lowest BCUT2D eigenvalue weighted by Gasteiger charge is -2.25. The molecule has 1 aromatic carbocycles. The summed E-state index contributed by atoms with van der Waals surface area (Å²) >= 11 is 0. The molecule has 0 radical (unpaired) electrons. The minimum absolute atomic E-state index is 0.0389. The van der Waals surface area contributed by atoms with Crippen LogP contribution in [-0.4, -0.2) is 81.3 Å². The maximum absolute atomic E-state index is 12.3. The molecule has 8 heteroatoms. The minimum atomic E-state index is 0.0389. The van der Waals surface area contributed by atoms with Crippen molar-refractivity contribution >= 4 is 11.9 Å². The van der Waals surface area contributed by atoms with E-state index in [1.807, 2.05) is 26.2 Å². The van der Waals surface area contributed by atoms with Gasteiger partial charge in [0.05, 0.1) is 6.04 Å². The Kier molecular flexibility index (Phi) is 8.19. The Bertz CT molecular complexity index is 737. The summed E-state index contributed by atoms with van der Waals surface area (Å²) in [6.45, 7) is 6.62. The molecule has 0 aliphatic carbocycles. The van der Waals surface area contributed by atoms with Crippen LogP contribution in [-0.2, 0) is 11.2 Å². The number of likely N-dealkylation sites (N-methyl/N-ethyl adjacent to an activating group) is 1. The van der Waals surface area contributed by atoms with Crippen LogP contribution in [0.3, 0.4) is 0 Å². The molecule has 3 rings (SSSR count). The second-order valence-corrected chi connectivity index (χ2v) is 7.91. The average Bonchev–Trinajstić information content (AvgIpc) is 3.39. The van der Waals surface area contributed by atoms with E-state index in [0.717, 1.165) is 75.9 Å². The number of fused-ring (bicyclic) bond motifs is 1. The van der Waals surface area contributed by atoms with E-state index in [1.165, 1.54) is 5.56 Å². The highest BCUT2D eigenvalue weighted by Gasteiger charge is 2.30. The van der Waals surface area contributed by atoms with Crippen molar-refractivity contribution in [3.63, 3.8) is 0 Å². The number of carbonyl (C=O) groups is 1. The summed E-state index contributed by atoms with van der Waals surface area (Å²) in [5.74, 6) is 2.69. The fraction of sp³-hybridized carbons (Fsp3) is 0.636. The summed E-state index contributed by atoms with van der Waals surface area (Å²) in [5.41, 5.74) is 1.20. The van der Waals surface area contributed by atoms with Crippen LogP contribution < -0.4 is 20.1 Å². The molecule has 0 bridgehead atoms. The monoisotopic (exact) mass is 417 g/mol. The Labute approximate surface area is 179 Å². The zero-order valence-electron chi connectivity index (χ0n) is 18.4. The van der Waals surface area contributed by atoms with Gasteiger partial charge < -0.3 is 25.0 Å². The molecule has 1 unspecified atom stereocenters. The lowest BCUT2D eigenvalue weighted by Crippen LogP contribution is -2.43. The molecular formula is C22H35N5O3. The number of rotatable bonds is 9. The fourth-order valence-corrected chi connectivity index (χ4v) is 3.90. The largest absolute Gasteiger partial charge is 0.454 e. The molecule has 30 heavy (non-hydrogen) atoms. The van der Waals surface area contributed by atoms with E-state index in [0.29, 0.717) is 6.79 Å². The third kappa shape index (κ3) is 6.01. The van der Waals surface area contributed by atoms with E-state index in [1.54, 1.807) is 4.90 Å². The Morgan fingerprint density at radius 2 is 2.10 bits per heavy atom. The maximum Gasteiger partial charge on any atom is 0.239 e. The minimum Gasteiger partial charge on any atom is -0.454 e. The number of ether oxygens (including phenoxy) is 2. The van der Waals surface area contributed by atoms with Crippen LogP contribution in [0.2, 0.25) is 0 Å². The third-order valence-electron chi connectivity index (χ3n) is 5.45. The summed E-state index contributed by atoms with van der Waals surface area (Å²) in [6.07, 6.45) is 3.88. The molecule has 1 fully saturated rings. The predicted octanol–water partition coefficient (Wildman–Crippen LogP) is 1.46. The topological polar surface area (TPSA) is 78.4 Å². The molecule has 2 heterocycles. The Balaban J connectivity index is 1.41. The molecule has 166 valence electrons. The molecule has 0 saturated carbocycles. The number of likely N-dealkylation sites (tertiary alicyclic amines) is 1. The van der Waals surface area contributed by atoms with Crippen molar-refractivity contribution in [3.8, 4) is 11.5 Å². The van der Waals surface area contributed by atoms with Gasteiger partial charge >= 0.3 is 0 Å². The van der Waals surface area contributed by atoms with Gasteiger partial charge in [0, 0.05) is 40.3 Å². The van der Waals surface area contributed by atoms with Crippen molar-refractivity contribution in [3.05, 3.63) is 23.8 Å². The molecule has 2 aliphatic rings. The number of hydrogen-bond donors (Lipinski definition) is 2. The van der Waals surface area contributed by atoms with E-state index >= 15 is 0 Å². The maximum atomic E-state index is 12.3. The van der Waals surface area contributed by atoms with Gasteiger partial charge in [-0.2, -0.15) is 0 Å². The number of nitrogens with zero attached hydrogens (tertiary/aromatic N) is 3. The third-order valence-corrected chi connectivity index (χ3v) is 5.45. The number of carbonyl (C=O) groups excluding carboxylic acids is 1. The van der Waals surface area contributed by atoms with Crippen molar-refractivity contribution in [2.75, 3.05) is 53.6 Å². The molecule has 1 amide bonds. The van der Waals surface area contributed by atoms with E-state index in [9.17, 15) is 4.79 Å². The first-order chi connectivity index (χ1) is 14.6. The van der Waals surface area contributed by atoms with Crippen molar-refractivity contribution in [2.24, 2.45) is 4.99 Å². The number of guanidine groups is 1. The van der Waals surface area contributed by atoms with Gasteiger partial charge in [-0.1, -0.05) is 6.07 Å². The van der Waals surface area contributed by atoms with Crippen LogP contribution in [0.4, 0.5) is 0 Å². The van der Waals surface area contributed by atoms with E-state index in [2.05, 4.69) is 28.5 Å². The van der Waals surface area contributed by atoms with Crippen molar-refractivity contribution in [1.29, 1.82) is 0 Å². The van der Waals surface area contributed by atoms with Crippen LogP contribution >= 0.6 is 0 Å². The molecular weight excluding hydrogens is 382 g/mol. The average molecular weight is 418 g/mol. The molecule has 2 N–H and O–H groups in total. The van der Waals surface area contributed by atoms with Crippen LogP contribution in [0.1, 0.15) is 31.7 Å². The van der Waals surface area contributed by atoms with Crippen LogP contribution in [0, 0.1) is 0 Å². The van der Waals surface area contributed by atoms with Crippen molar-refractivity contribution < 1.29 is 14.3 Å².